The predicted molar refractivity (Wildman–Crippen MR) is 92.9 cm³/mol. The van der Waals surface area contributed by atoms with E-state index in [4.69, 9.17) is 13.8 Å². The fraction of sp³-hybridized carbons (Fsp3) is 1.00. The molecule has 0 N–H and O–H groups in total. The summed E-state index contributed by atoms with van der Waals surface area (Å²) < 4.78 is 26.6. The quantitative estimate of drug-likeness (QED) is 0.374. The van der Waals surface area contributed by atoms with Crippen molar-refractivity contribution >= 4 is 7.60 Å². The molecule has 0 aliphatic carbocycles. The van der Waals surface area contributed by atoms with Crippen LogP contribution >= 0.6 is 7.60 Å². The average Bonchev–Trinajstić information content (AvgIpc) is 2.27. The molecular weight excluding hydrogens is 275 g/mol. The molecule has 0 amide bonds. The van der Waals surface area contributed by atoms with Crippen LogP contribution in [0.15, 0.2) is 0 Å². The lowest BCUT2D eigenvalue weighted by molar-refractivity contribution is 0.0665. The second-order valence-corrected chi connectivity index (χ2v) is 6.09. The maximum atomic E-state index is 11.3. The van der Waals surface area contributed by atoms with Gasteiger partial charge in [-0.3, -0.25) is 4.57 Å². The van der Waals surface area contributed by atoms with Crippen molar-refractivity contribution in [1.29, 1.82) is 0 Å². The average molecular weight is 316 g/mol. The third-order valence-corrected chi connectivity index (χ3v) is 3.83. The van der Waals surface area contributed by atoms with E-state index in [1.54, 1.807) is 0 Å². The number of hydrogen-bond acceptors (Lipinski definition) is 4. The highest BCUT2D eigenvalue weighted by Gasteiger charge is 2.13. The molecule has 0 bridgehead atoms. The Balaban J connectivity index is -0.000000187. The van der Waals surface area contributed by atoms with Gasteiger partial charge in [0.1, 0.15) is 0 Å². The molecule has 5 heteroatoms. The molecule has 0 saturated carbocycles. The fourth-order valence-electron chi connectivity index (χ4n) is 1.38. The molecule has 0 aromatic heterocycles. The lowest BCUT2D eigenvalue weighted by Crippen LogP contribution is -2.11. The molecular formula is C15H41O4P. The Kier molecular flexibility index (Phi) is 30.7. The van der Waals surface area contributed by atoms with Crippen molar-refractivity contribution in [3.05, 3.63) is 0 Å². The molecule has 0 rings (SSSR count). The maximum Gasteiger partial charge on any atom is 0.327 e. The Hall–Kier alpha value is 0.110. The van der Waals surface area contributed by atoms with Gasteiger partial charge in [-0.1, -0.05) is 56.4 Å². The lowest BCUT2D eigenvalue weighted by Gasteiger charge is -2.15. The van der Waals surface area contributed by atoms with Gasteiger partial charge in [-0.15, -0.1) is 0 Å². The second kappa shape index (κ2) is 19.1. The summed E-state index contributed by atoms with van der Waals surface area (Å²) in [5.41, 5.74) is 0. The van der Waals surface area contributed by atoms with E-state index in [1.807, 2.05) is 0 Å². The van der Waals surface area contributed by atoms with E-state index in [0.717, 1.165) is 13.0 Å². The van der Waals surface area contributed by atoms with Crippen LogP contribution in [0.25, 0.3) is 0 Å². The normalized spacial score (nSPS) is 13.6. The number of ether oxygens (including phenoxy) is 1. The minimum Gasteiger partial charge on any atom is -0.379 e. The molecule has 20 heavy (non-hydrogen) atoms. The zero-order valence-corrected chi connectivity index (χ0v) is 11.8. The van der Waals surface area contributed by atoms with Gasteiger partial charge in [0, 0.05) is 20.4 Å². The summed E-state index contributed by atoms with van der Waals surface area (Å²) in [5, 5.41) is 0. The highest BCUT2D eigenvalue weighted by atomic mass is 31.2. The molecule has 0 aromatic rings. The first-order valence-corrected chi connectivity index (χ1v) is 7.90. The Labute approximate surface area is 129 Å². The summed E-state index contributed by atoms with van der Waals surface area (Å²) in [6, 6.07) is 0. The first kappa shape index (κ1) is 32.2. The van der Waals surface area contributed by atoms with Crippen molar-refractivity contribution in [2.75, 3.05) is 33.6 Å². The topological polar surface area (TPSA) is 44.8 Å². The van der Waals surface area contributed by atoms with Crippen LogP contribution in [0.2, 0.25) is 0 Å². The molecule has 0 fully saturated rings. The van der Waals surface area contributed by atoms with Crippen molar-refractivity contribution in [2.45, 2.75) is 62.8 Å². The summed E-state index contributed by atoms with van der Waals surface area (Å²) in [4.78, 5) is 0. The third kappa shape index (κ3) is 18.1. The highest BCUT2D eigenvalue weighted by Crippen LogP contribution is 2.42. The first-order valence-electron chi connectivity index (χ1n) is 5.91. The van der Waals surface area contributed by atoms with Gasteiger partial charge in [0.05, 0.1) is 13.2 Å². The molecule has 0 saturated heterocycles. The SMILES string of the molecule is C.C.C.C.CCCC(CC)COCCOP(C)(=O)OC. The molecule has 0 spiro atoms. The van der Waals surface area contributed by atoms with E-state index in [9.17, 15) is 4.57 Å². The van der Waals surface area contributed by atoms with Gasteiger partial charge < -0.3 is 13.8 Å². The van der Waals surface area contributed by atoms with Crippen molar-refractivity contribution in [3.8, 4) is 0 Å². The first-order chi connectivity index (χ1) is 7.55. The third-order valence-electron chi connectivity index (χ3n) is 2.51. The lowest BCUT2D eigenvalue weighted by atomic mass is 10.0. The Bertz CT molecular complexity index is 210. The molecule has 0 aromatic carbocycles. The van der Waals surface area contributed by atoms with E-state index in [1.165, 1.54) is 26.6 Å². The molecule has 2 unspecified atom stereocenters. The fourth-order valence-corrected chi connectivity index (χ4v) is 1.89. The highest BCUT2D eigenvalue weighted by molar-refractivity contribution is 7.52. The zero-order chi connectivity index (χ0) is 12.4. The molecule has 0 aliphatic heterocycles. The van der Waals surface area contributed by atoms with E-state index in [-0.39, 0.29) is 29.7 Å². The molecule has 0 heterocycles. The van der Waals surface area contributed by atoms with E-state index in [0.29, 0.717) is 19.1 Å². The van der Waals surface area contributed by atoms with E-state index in [2.05, 4.69) is 13.8 Å². The van der Waals surface area contributed by atoms with Crippen LogP contribution in [0.3, 0.4) is 0 Å². The molecule has 0 radical (unpaired) electrons. The molecule has 2 atom stereocenters. The van der Waals surface area contributed by atoms with Gasteiger partial charge in [0.2, 0.25) is 0 Å². The standard InChI is InChI=1S/C11H25O4P.4CH4/c1-5-7-11(6-2)10-14-8-9-15-16(4,12)13-3;;;;/h11H,5-10H2,1-4H3;4*1H4. The molecule has 4 nitrogen and oxygen atoms in total. The monoisotopic (exact) mass is 316 g/mol. The van der Waals surface area contributed by atoms with Gasteiger partial charge in [-0.25, -0.2) is 0 Å². The number of rotatable bonds is 10. The van der Waals surface area contributed by atoms with Gasteiger partial charge in [0.15, 0.2) is 0 Å². The van der Waals surface area contributed by atoms with E-state index >= 15 is 0 Å². The second-order valence-electron chi connectivity index (χ2n) is 3.92. The minimum absolute atomic E-state index is 0. The molecule has 0 aliphatic rings. The summed E-state index contributed by atoms with van der Waals surface area (Å²) >= 11 is 0. The van der Waals surface area contributed by atoms with Gasteiger partial charge >= 0.3 is 7.60 Å². The zero-order valence-electron chi connectivity index (χ0n) is 10.9. The van der Waals surface area contributed by atoms with Crippen molar-refractivity contribution in [2.24, 2.45) is 5.92 Å². The van der Waals surface area contributed by atoms with Crippen LogP contribution < -0.4 is 0 Å². The van der Waals surface area contributed by atoms with E-state index < -0.39 is 7.60 Å². The van der Waals surface area contributed by atoms with Gasteiger partial charge in [-0.05, 0) is 12.3 Å². The van der Waals surface area contributed by atoms with Gasteiger partial charge in [-0.2, -0.15) is 0 Å². The molecule has 130 valence electrons. The van der Waals surface area contributed by atoms with Crippen molar-refractivity contribution in [3.63, 3.8) is 0 Å². The predicted octanol–water partition coefficient (Wildman–Crippen LogP) is 5.86. The van der Waals surface area contributed by atoms with Crippen molar-refractivity contribution < 1.29 is 18.3 Å². The maximum absolute atomic E-state index is 11.3. The summed E-state index contributed by atoms with van der Waals surface area (Å²) in [5.74, 6) is 0.626. The van der Waals surface area contributed by atoms with Crippen LogP contribution in [0.4, 0.5) is 0 Å². The summed E-state index contributed by atoms with van der Waals surface area (Å²) in [6.45, 7) is 7.36. The van der Waals surface area contributed by atoms with Crippen LogP contribution in [0.5, 0.6) is 0 Å². The van der Waals surface area contributed by atoms with Crippen LogP contribution in [-0.4, -0.2) is 33.6 Å². The summed E-state index contributed by atoms with van der Waals surface area (Å²) in [6.07, 6.45) is 3.52. The Morgan fingerprint density at radius 3 is 2.00 bits per heavy atom. The van der Waals surface area contributed by atoms with Crippen LogP contribution in [0, 0.1) is 5.92 Å². The van der Waals surface area contributed by atoms with Crippen LogP contribution in [0.1, 0.15) is 62.8 Å². The Morgan fingerprint density at radius 2 is 1.60 bits per heavy atom. The van der Waals surface area contributed by atoms with Crippen LogP contribution in [-0.2, 0) is 18.3 Å². The Morgan fingerprint density at radius 1 is 1.05 bits per heavy atom. The largest absolute Gasteiger partial charge is 0.379 e. The minimum atomic E-state index is -2.84. The smallest absolute Gasteiger partial charge is 0.327 e. The number of hydrogen-bond donors (Lipinski definition) is 0. The summed E-state index contributed by atoms with van der Waals surface area (Å²) in [7, 11) is -1.45. The van der Waals surface area contributed by atoms with Gasteiger partial charge in [0.25, 0.3) is 0 Å². The van der Waals surface area contributed by atoms with Crippen molar-refractivity contribution in [1.82, 2.24) is 0 Å².